The van der Waals surface area contributed by atoms with Gasteiger partial charge in [-0.15, -0.1) is 0 Å². The lowest BCUT2D eigenvalue weighted by Crippen LogP contribution is -2.48. The molecule has 2 rings (SSSR count). The molecule has 2 heterocycles. The SMILES string of the molecule is Cn1cc(C(=O)NCC2COCCN2)cn1. The van der Waals surface area contributed by atoms with Gasteiger partial charge in [0.1, 0.15) is 0 Å². The molecule has 0 spiro atoms. The Kier molecular flexibility index (Phi) is 3.53. The normalized spacial score (nSPS) is 20.7. The molecule has 1 fully saturated rings. The van der Waals surface area contributed by atoms with Gasteiger partial charge in [0.15, 0.2) is 0 Å². The molecule has 16 heavy (non-hydrogen) atoms. The van der Waals surface area contributed by atoms with E-state index in [1.54, 1.807) is 24.1 Å². The van der Waals surface area contributed by atoms with Crippen LogP contribution in [0.1, 0.15) is 10.4 Å². The van der Waals surface area contributed by atoms with Gasteiger partial charge in [0, 0.05) is 32.4 Å². The summed E-state index contributed by atoms with van der Waals surface area (Å²) in [7, 11) is 1.79. The van der Waals surface area contributed by atoms with Gasteiger partial charge in [0.2, 0.25) is 0 Å². The standard InChI is InChI=1S/C10H16N4O2/c1-14-6-8(4-13-14)10(15)12-5-9-7-16-3-2-11-9/h4,6,9,11H,2-3,5,7H2,1H3,(H,12,15). The Morgan fingerprint density at radius 3 is 3.31 bits per heavy atom. The molecule has 1 aromatic rings. The van der Waals surface area contributed by atoms with E-state index in [9.17, 15) is 4.79 Å². The number of nitrogens with one attached hydrogen (secondary N) is 2. The number of morpholine rings is 1. The maximum absolute atomic E-state index is 11.7. The Morgan fingerprint density at radius 2 is 2.69 bits per heavy atom. The summed E-state index contributed by atoms with van der Waals surface area (Å²) in [6.07, 6.45) is 3.25. The van der Waals surface area contributed by atoms with Gasteiger partial charge in [-0.1, -0.05) is 0 Å². The first kappa shape index (κ1) is 11.1. The van der Waals surface area contributed by atoms with Crippen LogP contribution in [-0.4, -0.2) is 48.0 Å². The highest BCUT2D eigenvalue weighted by Gasteiger charge is 2.14. The number of rotatable bonds is 3. The van der Waals surface area contributed by atoms with Crippen molar-refractivity contribution in [2.45, 2.75) is 6.04 Å². The minimum atomic E-state index is -0.0968. The summed E-state index contributed by atoms with van der Waals surface area (Å²) in [5, 5.41) is 10.1. The van der Waals surface area contributed by atoms with Crippen molar-refractivity contribution in [1.82, 2.24) is 20.4 Å². The van der Waals surface area contributed by atoms with E-state index in [1.807, 2.05) is 0 Å². The van der Waals surface area contributed by atoms with Crippen LogP contribution in [0.15, 0.2) is 12.4 Å². The van der Waals surface area contributed by atoms with E-state index in [2.05, 4.69) is 15.7 Å². The van der Waals surface area contributed by atoms with Gasteiger partial charge in [-0.3, -0.25) is 9.48 Å². The second-order valence-corrected chi connectivity index (χ2v) is 3.84. The van der Waals surface area contributed by atoms with Crippen molar-refractivity contribution in [1.29, 1.82) is 0 Å². The number of amides is 1. The molecule has 88 valence electrons. The molecule has 1 atom stereocenters. The summed E-state index contributed by atoms with van der Waals surface area (Å²) in [5.74, 6) is -0.0968. The number of aryl methyl sites for hydroxylation is 1. The first-order valence-corrected chi connectivity index (χ1v) is 5.33. The topological polar surface area (TPSA) is 68.2 Å². The van der Waals surface area contributed by atoms with Crippen molar-refractivity contribution in [2.75, 3.05) is 26.3 Å². The highest BCUT2D eigenvalue weighted by atomic mass is 16.5. The summed E-state index contributed by atoms with van der Waals surface area (Å²) in [6, 6.07) is 0.203. The fourth-order valence-electron chi connectivity index (χ4n) is 1.61. The molecular formula is C10H16N4O2. The number of ether oxygens (including phenoxy) is 1. The third-order valence-corrected chi connectivity index (χ3v) is 2.47. The molecule has 1 aliphatic rings. The van der Waals surface area contributed by atoms with Gasteiger partial charge in [-0.25, -0.2) is 0 Å². The summed E-state index contributed by atoms with van der Waals surface area (Å²) in [5.41, 5.74) is 0.583. The van der Waals surface area contributed by atoms with Crippen molar-refractivity contribution in [3.63, 3.8) is 0 Å². The van der Waals surface area contributed by atoms with E-state index in [0.717, 1.165) is 13.2 Å². The van der Waals surface area contributed by atoms with E-state index in [0.29, 0.717) is 18.7 Å². The number of hydrogen-bond acceptors (Lipinski definition) is 4. The summed E-state index contributed by atoms with van der Waals surface area (Å²) < 4.78 is 6.90. The molecular weight excluding hydrogens is 208 g/mol. The molecule has 2 N–H and O–H groups in total. The Bertz CT molecular complexity index is 357. The average molecular weight is 224 g/mol. The summed E-state index contributed by atoms with van der Waals surface area (Å²) in [6.45, 7) is 2.81. The van der Waals surface area contributed by atoms with Crippen molar-refractivity contribution in [2.24, 2.45) is 7.05 Å². The zero-order chi connectivity index (χ0) is 11.4. The van der Waals surface area contributed by atoms with Gasteiger partial charge in [-0.2, -0.15) is 5.10 Å². The highest BCUT2D eigenvalue weighted by molar-refractivity contribution is 5.93. The van der Waals surface area contributed by atoms with Crippen molar-refractivity contribution >= 4 is 5.91 Å². The van der Waals surface area contributed by atoms with Crippen molar-refractivity contribution in [3.05, 3.63) is 18.0 Å². The molecule has 0 aromatic carbocycles. The lowest BCUT2D eigenvalue weighted by atomic mass is 10.2. The predicted octanol–water partition coefficient (Wildman–Crippen LogP) is -0.862. The molecule has 6 heteroatoms. The monoisotopic (exact) mass is 224 g/mol. The molecule has 1 unspecified atom stereocenters. The molecule has 0 radical (unpaired) electrons. The van der Waals surface area contributed by atoms with Gasteiger partial charge >= 0.3 is 0 Å². The molecule has 0 bridgehead atoms. The van der Waals surface area contributed by atoms with Crippen LogP contribution in [0.5, 0.6) is 0 Å². The van der Waals surface area contributed by atoms with E-state index in [1.165, 1.54) is 0 Å². The third kappa shape index (κ3) is 2.80. The van der Waals surface area contributed by atoms with Crippen LogP contribution in [0.25, 0.3) is 0 Å². The molecule has 1 amide bonds. The second-order valence-electron chi connectivity index (χ2n) is 3.84. The van der Waals surface area contributed by atoms with Crippen LogP contribution < -0.4 is 10.6 Å². The van der Waals surface area contributed by atoms with Crippen molar-refractivity contribution < 1.29 is 9.53 Å². The number of hydrogen-bond donors (Lipinski definition) is 2. The molecule has 1 aromatic heterocycles. The minimum absolute atomic E-state index is 0.0968. The van der Waals surface area contributed by atoms with Crippen LogP contribution in [-0.2, 0) is 11.8 Å². The zero-order valence-electron chi connectivity index (χ0n) is 9.27. The number of nitrogens with zero attached hydrogens (tertiary/aromatic N) is 2. The van der Waals surface area contributed by atoms with E-state index >= 15 is 0 Å². The maximum Gasteiger partial charge on any atom is 0.254 e. The van der Waals surface area contributed by atoms with Crippen LogP contribution >= 0.6 is 0 Å². The molecule has 1 saturated heterocycles. The van der Waals surface area contributed by atoms with E-state index < -0.39 is 0 Å². The Morgan fingerprint density at radius 1 is 1.81 bits per heavy atom. The molecule has 0 saturated carbocycles. The molecule has 1 aliphatic heterocycles. The minimum Gasteiger partial charge on any atom is -0.378 e. The van der Waals surface area contributed by atoms with E-state index in [-0.39, 0.29) is 11.9 Å². The van der Waals surface area contributed by atoms with Crippen LogP contribution in [0.2, 0.25) is 0 Å². The lowest BCUT2D eigenvalue weighted by Gasteiger charge is -2.23. The fourth-order valence-corrected chi connectivity index (χ4v) is 1.61. The second kappa shape index (κ2) is 5.09. The smallest absolute Gasteiger partial charge is 0.254 e. The average Bonchev–Trinajstić information content (AvgIpc) is 2.74. The van der Waals surface area contributed by atoms with Gasteiger partial charge in [0.25, 0.3) is 5.91 Å². The Labute approximate surface area is 94.0 Å². The number of carbonyl (C=O) groups excluding carboxylic acids is 1. The van der Waals surface area contributed by atoms with Crippen LogP contribution in [0.3, 0.4) is 0 Å². The third-order valence-electron chi connectivity index (χ3n) is 2.47. The first-order valence-electron chi connectivity index (χ1n) is 5.33. The van der Waals surface area contributed by atoms with E-state index in [4.69, 9.17) is 4.74 Å². The quantitative estimate of drug-likeness (QED) is 0.701. The Balaban J connectivity index is 1.79. The van der Waals surface area contributed by atoms with Gasteiger partial charge < -0.3 is 15.4 Å². The number of carbonyl (C=O) groups is 1. The van der Waals surface area contributed by atoms with Crippen LogP contribution in [0, 0.1) is 0 Å². The molecule has 6 nitrogen and oxygen atoms in total. The summed E-state index contributed by atoms with van der Waals surface area (Å²) >= 11 is 0. The first-order chi connectivity index (χ1) is 7.75. The highest BCUT2D eigenvalue weighted by Crippen LogP contribution is 1.96. The fraction of sp³-hybridized carbons (Fsp3) is 0.600. The molecule has 0 aliphatic carbocycles. The zero-order valence-corrected chi connectivity index (χ0v) is 9.27. The summed E-state index contributed by atoms with van der Waals surface area (Å²) in [4.78, 5) is 11.7. The van der Waals surface area contributed by atoms with Crippen LogP contribution in [0.4, 0.5) is 0 Å². The Hall–Kier alpha value is -1.40. The predicted molar refractivity (Wildman–Crippen MR) is 58.2 cm³/mol. The maximum atomic E-state index is 11.7. The lowest BCUT2D eigenvalue weighted by molar-refractivity contribution is 0.0734. The van der Waals surface area contributed by atoms with Gasteiger partial charge in [-0.05, 0) is 0 Å². The van der Waals surface area contributed by atoms with Crippen molar-refractivity contribution in [3.8, 4) is 0 Å². The largest absolute Gasteiger partial charge is 0.378 e. The van der Waals surface area contributed by atoms with Gasteiger partial charge in [0.05, 0.1) is 25.0 Å². The number of aromatic nitrogens is 2.